The summed E-state index contributed by atoms with van der Waals surface area (Å²) in [4.78, 5) is 19.0. The van der Waals surface area contributed by atoms with Gasteiger partial charge in [-0.15, -0.1) is 0 Å². The van der Waals surface area contributed by atoms with E-state index >= 15 is 0 Å². The Bertz CT molecular complexity index is 746. The van der Waals surface area contributed by atoms with Crippen molar-refractivity contribution in [3.8, 4) is 5.75 Å². The highest BCUT2D eigenvalue weighted by Crippen LogP contribution is 2.17. The van der Waals surface area contributed by atoms with Gasteiger partial charge in [-0.3, -0.25) is 9.69 Å². The highest BCUT2D eigenvalue weighted by molar-refractivity contribution is 5.94. The Kier molecular flexibility index (Phi) is 7.63. The fourth-order valence-corrected chi connectivity index (χ4v) is 3.12. The van der Waals surface area contributed by atoms with E-state index in [0.717, 1.165) is 56.5 Å². The molecule has 1 amide bonds. The molecule has 0 radical (unpaired) electrons. The van der Waals surface area contributed by atoms with Crippen LogP contribution >= 0.6 is 0 Å². The molecule has 1 fully saturated rings. The van der Waals surface area contributed by atoms with Crippen molar-refractivity contribution in [1.82, 2.24) is 15.2 Å². The molecule has 1 saturated heterocycles. The van der Waals surface area contributed by atoms with Crippen LogP contribution in [0.5, 0.6) is 5.75 Å². The number of benzene rings is 1. The number of amides is 1. The van der Waals surface area contributed by atoms with Crippen molar-refractivity contribution in [1.29, 1.82) is 0 Å². The van der Waals surface area contributed by atoms with Gasteiger partial charge in [0.2, 0.25) is 0 Å². The predicted molar refractivity (Wildman–Crippen MR) is 109 cm³/mol. The van der Waals surface area contributed by atoms with E-state index in [1.54, 1.807) is 19.4 Å². The standard InChI is InChI=1S/C21H28N4O3/c1-27-19-5-3-2-4-17(19)8-9-23-21(26)18-6-7-20(24-16-18)22-10-11-25-12-14-28-15-13-25/h2-7,16H,8-15H2,1H3,(H,22,24)(H,23,26). The van der Waals surface area contributed by atoms with Gasteiger partial charge < -0.3 is 20.1 Å². The van der Waals surface area contributed by atoms with Gasteiger partial charge in [0.1, 0.15) is 11.6 Å². The molecule has 7 heteroatoms. The number of pyridine rings is 1. The second-order valence-electron chi connectivity index (χ2n) is 6.63. The third kappa shape index (κ3) is 5.94. The molecule has 0 atom stereocenters. The lowest BCUT2D eigenvalue weighted by Gasteiger charge is -2.26. The molecule has 0 spiro atoms. The number of aromatic nitrogens is 1. The van der Waals surface area contributed by atoms with Gasteiger partial charge in [0.05, 0.1) is 25.9 Å². The van der Waals surface area contributed by atoms with Gasteiger partial charge in [-0.25, -0.2) is 4.98 Å². The maximum Gasteiger partial charge on any atom is 0.252 e. The lowest BCUT2D eigenvalue weighted by atomic mass is 10.1. The van der Waals surface area contributed by atoms with Crippen LogP contribution < -0.4 is 15.4 Å². The summed E-state index contributed by atoms with van der Waals surface area (Å²) < 4.78 is 10.7. The molecule has 0 saturated carbocycles. The third-order valence-corrected chi connectivity index (χ3v) is 4.74. The average Bonchev–Trinajstić information content (AvgIpc) is 2.75. The molecule has 0 aliphatic carbocycles. The molecule has 2 N–H and O–H groups in total. The van der Waals surface area contributed by atoms with Gasteiger partial charge in [0.15, 0.2) is 0 Å². The minimum atomic E-state index is -0.123. The Balaban J connectivity index is 1.40. The van der Waals surface area contributed by atoms with Crippen molar-refractivity contribution in [2.75, 3.05) is 58.4 Å². The molecule has 2 aromatic rings. The zero-order valence-corrected chi connectivity index (χ0v) is 16.3. The molecule has 1 aliphatic heterocycles. The highest BCUT2D eigenvalue weighted by Gasteiger charge is 2.10. The van der Waals surface area contributed by atoms with Crippen molar-refractivity contribution in [2.45, 2.75) is 6.42 Å². The number of nitrogens with zero attached hydrogens (tertiary/aromatic N) is 2. The smallest absolute Gasteiger partial charge is 0.252 e. The number of carbonyl (C=O) groups excluding carboxylic acids is 1. The topological polar surface area (TPSA) is 75.7 Å². The Morgan fingerprint density at radius 3 is 2.75 bits per heavy atom. The molecule has 3 rings (SSSR count). The Morgan fingerprint density at radius 2 is 2.00 bits per heavy atom. The Morgan fingerprint density at radius 1 is 1.18 bits per heavy atom. The maximum atomic E-state index is 12.3. The molecular weight excluding hydrogens is 356 g/mol. The zero-order chi connectivity index (χ0) is 19.6. The van der Waals surface area contributed by atoms with Crippen molar-refractivity contribution in [2.24, 2.45) is 0 Å². The summed E-state index contributed by atoms with van der Waals surface area (Å²) in [6.07, 6.45) is 2.32. The van der Waals surface area contributed by atoms with Gasteiger partial charge >= 0.3 is 0 Å². The van der Waals surface area contributed by atoms with E-state index in [2.05, 4.69) is 20.5 Å². The van der Waals surface area contributed by atoms with E-state index in [-0.39, 0.29) is 5.91 Å². The van der Waals surface area contributed by atoms with Crippen LogP contribution in [0.1, 0.15) is 15.9 Å². The lowest BCUT2D eigenvalue weighted by molar-refractivity contribution is 0.0398. The van der Waals surface area contributed by atoms with E-state index in [4.69, 9.17) is 9.47 Å². The molecule has 0 bridgehead atoms. The van der Waals surface area contributed by atoms with Crippen LogP contribution in [0.4, 0.5) is 5.82 Å². The first kappa shape index (κ1) is 20.1. The monoisotopic (exact) mass is 384 g/mol. The summed E-state index contributed by atoms with van der Waals surface area (Å²) in [6, 6.07) is 11.5. The zero-order valence-electron chi connectivity index (χ0n) is 16.3. The number of hydrogen-bond donors (Lipinski definition) is 2. The number of ether oxygens (including phenoxy) is 2. The Labute approximate surface area is 166 Å². The minimum absolute atomic E-state index is 0.123. The molecular formula is C21H28N4O3. The SMILES string of the molecule is COc1ccccc1CCNC(=O)c1ccc(NCCN2CCOCC2)nc1. The number of morpholine rings is 1. The quantitative estimate of drug-likeness (QED) is 0.687. The van der Waals surface area contributed by atoms with Crippen LogP contribution in [0.2, 0.25) is 0 Å². The molecule has 1 aromatic carbocycles. The van der Waals surface area contributed by atoms with Gasteiger partial charge in [-0.05, 0) is 30.2 Å². The number of carbonyl (C=O) groups is 1. The summed E-state index contributed by atoms with van der Waals surface area (Å²) in [7, 11) is 1.65. The number of nitrogens with one attached hydrogen (secondary N) is 2. The van der Waals surface area contributed by atoms with E-state index in [0.29, 0.717) is 18.5 Å². The molecule has 1 aliphatic rings. The number of para-hydroxylation sites is 1. The van der Waals surface area contributed by atoms with Crippen LogP contribution in [-0.4, -0.2) is 68.8 Å². The third-order valence-electron chi connectivity index (χ3n) is 4.74. The van der Waals surface area contributed by atoms with E-state index in [1.807, 2.05) is 30.3 Å². The fourth-order valence-electron chi connectivity index (χ4n) is 3.12. The van der Waals surface area contributed by atoms with Gasteiger partial charge in [-0.1, -0.05) is 18.2 Å². The average molecular weight is 384 g/mol. The van der Waals surface area contributed by atoms with Gasteiger partial charge in [-0.2, -0.15) is 0 Å². The first-order valence-corrected chi connectivity index (χ1v) is 9.66. The van der Waals surface area contributed by atoms with Gasteiger partial charge in [0, 0.05) is 38.9 Å². The van der Waals surface area contributed by atoms with E-state index in [1.165, 1.54) is 0 Å². The summed E-state index contributed by atoms with van der Waals surface area (Å²) in [5, 5.41) is 6.23. The van der Waals surface area contributed by atoms with Crippen LogP contribution in [0, 0.1) is 0 Å². The molecule has 1 aromatic heterocycles. The molecule has 150 valence electrons. The summed E-state index contributed by atoms with van der Waals surface area (Å²) in [6.45, 7) is 5.87. The van der Waals surface area contributed by atoms with Gasteiger partial charge in [0.25, 0.3) is 5.91 Å². The van der Waals surface area contributed by atoms with Crippen molar-refractivity contribution < 1.29 is 14.3 Å². The number of anilines is 1. The van der Waals surface area contributed by atoms with Crippen molar-refractivity contribution in [3.05, 3.63) is 53.7 Å². The van der Waals surface area contributed by atoms with E-state index in [9.17, 15) is 4.79 Å². The highest BCUT2D eigenvalue weighted by atomic mass is 16.5. The number of methoxy groups -OCH3 is 1. The minimum Gasteiger partial charge on any atom is -0.496 e. The van der Waals surface area contributed by atoms with Crippen LogP contribution in [0.3, 0.4) is 0 Å². The van der Waals surface area contributed by atoms with Crippen LogP contribution in [0.25, 0.3) is 0 Å². The largest absolute Gasteiger partial charge is 0.496 e. The van der Waals surface area contributed by atoms with Crippen molar-refractivity contribution in [3.63, 3.8) is 0 Å². The fraction of sp³-hybridized carbons (Fsp3) is 0.429. The van der Waals surface area contributed by atoms with Crippen LogP contribution in [0.15, 0.2) is 42.6 Å². The lowest BCUT2D eigenvalue weighted by Crippen LogP contribution is -2.39. The van der Waals surface area contributed by atoms with Crippen LogP contribution in [-0.2, 0) is 11.2 Å². The first-order valence-electron chi connectivity index (χ1n) is 9.66. The molecule has 0 unspecified atom stereocenters. The summed E-state index contributed by atoms with van der Waals surface area (Å²) >= 11 is 0. The molecule has 2 heterocycles. The predicted octanol–water partition coefficient (Wildman–Crippen LogP) is 1.81. The normalized spacial score (nSPS) is 14.5. The summed E-state index contributed by atoms with van der Waals surface area (Å²) in [5.41, 5.74) is 1.63. The number of hydrogen-bond acceptors (Lipinski definition) is 6. The first-order chi connectivity index (χ1) is 13.8. The number of rotatable bonds is 9. The maximum absolute atomic E-state index is 12.3. The molecule has 28 heavy (non-hydrogen) atoms. The molecule has 7 nitrogen and oxygen atoms in total. The Hall–Kier alpha value is -2.64. The second kappa shape index (κ2) is 10.6. The van der Waals surface area contributed by atoms with Crippen molar-refractivity contribution >= 4 is 11.7 Å². The summed E-state index contributed by atoms with van der Waals surface area (Å²) in [5.74, 6) is 1.49. The van der Waals surface area contributed by atoms with E-state index < -0.39 is 0 Å². The second-order valence-corrected chi connectivity index (χ2v) is 6.63.